The van der Waals surface area contributed by atoms with Crippen molar-refractivity contribution in [2.45, 2.75) is 17.9 Å². The Labute approximate surface area is 182 Å². The second kappa shape index (κ2) is 8.97. The van der Waals surface area contributed by atoms with Gasteiger partial charge in [0, 0.05) is 17.3 Å². The number of aromatic nitrogens is 2. The van der Waals surface area contributed by atoms with Crippen LogP contribution in [0.1, 0.15) is 18.5 Å². The third-order valence-electron chi connectivity index (χ3n) is 4.78. The summed E-state index contributed by atoms with van der Waals surface area (Å²) in [7, 11) is -3.63. The minimum absolute atomic E-state index is 0.0838. The Bertz CT molecular complexity index is 1250. The zero-order chi connectivity index (χ0) is 21.7. The fourth-order valence-electron chi connectivity index (χ4n) is 3.14. The van der Waals surface area contributed by atoms with E-state index in [0.717, 1.165) is 11.1 Å². The highest BCUT2D eigenvalue weighted by Gasteiger charge is 2.13. The van der Waals surface area contributed by atoms with Crippen molar-refractivity contribution >= 4 is 21.5 Å². The second-order valence-corrected chi connectivity index (χ2v) is 8.74. The van der Waals surface area contributed by atoms with Gasteiger partial charge in [0.2, 0.25) is 0 Å². The maximum absolute atomic E-state index is 12.5. The minimum Gasteiger partial charge on any atom is -0.362 e. The molecule has 3 aromatic carbocycles. The van der Waals surface area contributed by atoms with E-state index in [-0.39, 0.29) is 10.9 Å². The molecular formula is C24H22N4O2S. The standard InChI is InChI=1S/C24H22N4O2S/c1-18(19-8-4-2-5-9-19)26-24-17-25-16-23(27-24)20-12-14-21(15-13-20)28-31(29,30)22-10-6-3-7-11-22/h2-18,28H,1H3,(H,26,27)/t18-/m0/s1. The van der Waals surface area contributed by atoms with Crippen molar-refractivity contribution < 1.29 is 8.42 Å². The minimum atomic E-state index is -3.63. The van der Waals surface area contributed by atoms with E-state index in [4.69, 9.17) is 0 Å². The first kappa shape index (κ1) is 20.6. The molecule has 0 aliphatic heterocycles. The molecule has 6 nitrogen and oxygen atoms in total. The Balaban J connectivity index is 1.49. The highest BCUT2D eigenvalue weighted by atomic mass is 32.2. The summed E-state index contributed by atoms with van der Waals surface area (Å²) in [5, 5.41) is 3.36. The molecule has 0 aliphatic carbocycles. The lowest BCUT2D eigenvalue weighted by atomic mass is 10.1. The summed E-state index contributed by atoms with van der Waals surface area (Å²) in [5.41, 5.74) is 3.17. The molecule has 0 aliphatic rings. The third kappa shape index (κ3) is 5.07. The van der Waals surface area contributed by atoms with Crippen molar-refractivity contribution in [2.75, 3.05) is 10.0 Å². The van der Waals surface area contributed by atoms with Gasteiger partial charge in [-0.05, 0) is 36.8 Å². The molecule has 0 spiro atoms. The van der Waals surface area contributed by atoms with Crippen LogP contribution in [0, 0.1) is 0 Å². The number of anilines is 2. The molecular weight excluding hydrogens is 408 g/mol. The van der Waals surface area contributed by atoms with Crippen LogP contribution in [0.25, 0.3) is 11.3 Å². The van der Waals surface area contributed by atoms with E-state index in [1.54, 1.807) is 54.9 Å². The van der Waals surface area contributed by atoms with Crippen LogP contribution in [-0.4, -0.2) is 18.4 Å². The molecule has 0 bridgehead atoms. The van der Waals surface area contributed by atoms with Crippen molar-refractivity contribution in [2.24, 2.45) is 0 Å². The van der Waals surface area contributed by atoms with E-state index < -0.39 is 10.0 Å². The maximum Gasteiger partial charge on any atom is 0.261 e. The van der Waals surface area contributed by atoms with Crippen LogP contribution in [0.5, 0.6) is 0 Å². The van der Waals surface area contributed by atoms with E-state index in [2.05, 4.69) is 39.1 Å². The summed E-state index contributed by atoms with van der Waals surface area (Å²) < 4.78 is 27.6. The molecule has 156 valence electrons. The van der Waals surface area contributed by atoms with Crippen molar-refractivity contribution in [3.05, 3.63) is 103 Å². The molecule has 2 N–H and O–H groups in total. The topological polar surface area (TPSA) is 84.0 Å². The van der Waals surface area contributed by atoms with Crippen molar-refractivity contribution in [3.63, 3.8) is 0 Å². The van der Waals surface area contributed by atoms with Crippen molar-refractivity contribution in [1.29, 1.82) is 0 Å². The summed E-state index contributed by atoms with van der Waals surface area (Å²) in [4.78, 5) is 9.16. The Hall–Kier alpha value is -3.71. The number of nitrogens with one attached hydrogen (secondary N) is 2. The van der Waals surface area contributed by atoms with Crippen LogP contribution < -0.4 is 10.0 Å². The van der Waals surface area contributed by atoms with E-state index in [1.807, 2.05) is 30.3 Å². The predicted octanol–water partition coefficient (Wildman–Crippen LogP) is 5.12. The highest BCUT2D eigenvalue weighted by molar-refractivity contribution is 7.92. The molecule has 0 unspecified atom stereocenters. The fraction of sp³-hybridized carbons (Fsp3) is 0.0833. The number of hydrogen-bond acceptors (Lipinski definition) is 5. The molecule has 31 heavy (non-hydrogen) atoms. The third-order valence-corrected chi connectivity index (χ3v) is 6.18. The molecule has 0 saturated carbocycles. The van der Waals surface area contributed by atoms with E-state index in [0.29, 0.717) is 17.2 Å². The maximum atomic E-state index is 12.5. The molecule has 0 saturated heterocycles. The SMILES string of the molecule is C[C@H](Nc1cncc(-c2ccc(NS(=O)(=O)c3ccccc3)cc2)n1)c1ccccc1. The molecule has 0 radical (unpaired) electrons. The molecule has 1 aromatic heterocycles. The van der Waals surface area contributed by atoms with Gasteiger partial charge < -0.3 is 5.32 Å². The first-order valence-corrected chi connectivity index (χ1v) is 11.3. The van der Waals surface area contributed by atoms with Gasteiger partial charge in [0.15, 0.2) is 0 Å². The van der Waals surface area contributed by atoms with Crippen LogP contribution >= 0.6 is 0 Å². The van der Waals surface area contributed by atoms with E-state index in [1.165, 1.54) is 0 Å². The molecule has 1 heterocycles. The lowest BCUT2D eigenvalue weighted by Crippen LogP contribution is -2.12. The van der Waals surface area contributed by atoms with Crippen LogP contribution in [0.2, 0.25) is 0 Å². The Morgan fingerprint density at radius 1 is 0.806 bits per heavy atom. The average molecular weight is 431 g/mol. The van der Waals surface area contributed by atoms with Gasteiger partial charge in [0.05, 0.1) is 23.0 Å². The van der Waals surface area contributed by atoms with Crippen LogP contribution in [-0.2, 0) is 10.0 Å². The van der Waals surface area contributed by atoms with Crippen LogP contribution in [0.15, 0.2) is 102 Å². The van der Waals surface area contributed by atoms with Gasteiger partial charge in [-0.2, -0.15) is 0 Å². The fourth-order valence-corrected chi connectivity index (χ4v) is 4.22. The lowest BCUT2D eigenvalue weighted by Gasteiger charge is -2.15. The van der Waals surface area contributed by atoms with Crippen molar-refractivity contribution in [3.8, 4) is 11.3 Å². The van der Waals surface area contributed by atoms with Crippen LogP contribution in [0.4, 0.5) is 11.5 Å². The quantitative estimate of drug-likeness (QED) is 0.425. The number of nitrogens with zero attached hydrogens (tertiary/aromatic N) is 2. The summed E-state index contributed by atoms with van der Waals surface area (Å²) in [6, 6.07) is 25.5. The van der Waals surface area contributed by atoms with E-state index >= 15 is 0 Å². The molecule has 0 amide bonds. The van der Waals surface area contributed by atoms with Gasteiger partial charge in [-0.25, -0.2) is 13.4 Å². The molecule has 4 rings (SSSR count). The first-order valence-electron chi connectivity index (χ1n) is 9.83. The van der Waals surface area contributed by atoms with E-state index in [9.17, 15) is 8.42 Å². The molecule has 7 heteroatoms. The Morgan fingerprint density at radius 3 is 2.13 bits per heavy atom. The summed E-state index contributed by atoms with van der Waals surface area (Å²) >= 11 is 0. The Morgan fingerprint density at radius 2 is 1.45 bits per heavy atom. The largest absolute Gasteiger partial charge is 0.362 e. The number of benzene rings is 3. The number of hydrogen-bond donors (Lipinski definition) is 2. The van der Waals surface area contributed by atoms with Gasteiger partial charge in [-0.3, -0.25) is 9.71 Å². The highest BCUT2D eigenvalue weighted by Crippen LogP contribution is 2.23. The zero-order valence-corrected chi connectivity index (χ0v) is 17.8. The van der Waals surface area contributed by atoms with Gasteiger partial charge in [0.1, 0.15) is 5.82 Å². The predicted molar refractivity (Wildman–Crippen MR) is 123 cm³/mol. The van der Waals surface area contributed by atoms with Gasteiger partial charge >= 0.3 is 0 Å². The molecule has 4 aromatic rings. The number of rotatable bonds is 7. The van der Waals surface area contributed by atoms with Crippen molar-refractivity contribution in [1.82, 2.24) is 9.97 Å². The second-order valence-electron chi connectivity index (χ2n) is 7.06. The summed E-state index contributed by atoms with van der Waals surface area (Å²) in [6.07, 6.45) is 3.37. The van der Waals surface area contributed by atoms with Gasteiger partial charge in [0.25, 0.3) is 10.0 Å². The van der Waals surface area contributed by atoms with Crippen LogP contribution in [0.3, 0.4) is 0 Å². The first-order chi connectivity index (χ1) is 15.0. The number of sulfonamides is 1. The lowest BCUT2D eigenvalue weighted by molar-refractivity contribution is 0.601. The van der Waals surface area contributed by atoms with Gasteiger partial charge in [-0.15, -0.1) is 0 Å². The summed E-state index contributed by atoms with van der Waals surface area (Å²) in [5.74, 6) is 0.669. The molecule has 0 fully saturated rings. The smallest absolute Gasteiger partial charge is 0.261 e. The average Bonchev–Trinajstić information content (AvgIpc) is 2.81. The molecule has 1 atom stereocenters. The zero-order valence-electron chi connectivity index (χ0n) is 16.9. The monoisotopic (exact) mass is 430 g/mol. The summed E-state index contributed by atoms with van der Waals surface area (Å²) in [6.45, 7) is 2.07. The normalized spacial score (nSPS) is 12.2. The Kier molecular flexibility index (Phi) is 5.95. The van der Waals surface area contributed by atoms with Gasteiger partial charge in [-0.1, -0.05) is 60.7 Å².